The zero-order valence-corrected chi connectivity index (χ0v) is 11.5. The monoisotopic (exact) mass is 296 g/mol. The lowest BCUT2D eigenvalue weighted by atomic mass is 10.0. The van der Waals surface area contributed by atoms with Crippen LogP contribution in [0.1, 0.15) is 28.8 Å². The highest BCUT2D eigenvalue weighted by Crippen LogP contribution is 2.21. The molecule has 17 heavy (non-hydrogen) atoms. The van der Waals surface area contributed by atoms with Crippen molar-refractivity contribution in [2.24, 2.45) is 5.73 Å². The molecule has 1 heterocycles. The van der Waals surface area contributed by atoms with Crippen LogP contribution in [-0.2, 0) is 0 Å². The van der Waals surface area contributed by atoms with Crippen molar-refractivity contribution in [3.8, 4) is 0 Å². The molecule has 0 spiro atoms. The summed E-state index contributed by atoms with van der Waals surface area (Å²) < 4.78 is 0.854. The van der Waals surface area contributed by atoms with Crippen molar-refractivity contribution in [1.82, 2.24) is 4.90 Å². The third-order valence-electron chi connectivity index (χ3n) is 3.10. The summed E-state index contributed by atoms with van der Waals surface area (Å²) in [5.41, 5.74) is 7.73. The van der Waals surface area contributed by atoms with Crippen molar-refractivity contribution >= 4 is 21.8 Å². The molecule has 2 rings (SSSR count). The van der Waals surface area contributed by atoms with Gasteiger partial charge in [0.1, 0.15) is 0 Å². The fraction of sp³-hybridized carbons (Fsp3) is 0.462. The first kappa shape index (κ1) is 12.6. The molecule has 0 radical (unpaired) electrons. The summed E-state index contributed by atoms with van der Waals surface area (Å²) >= 11 is 3.43. The highest BCUT2D eigenvalue weighted by atomic mass is 79.9. The van der Waals surface area contributed by atoms with E-state index in [9.17, 15) is 4.79 Å². The number of hydrogen-bond donors (Lipinski definition) is 1. The standard InChI is InChI=1S/C13H17BrN2O/c1-9-4-5-12(14)11(7-9)13(17)16-6-2-3-10(15)8-16/h4-5,7,10H,2-3,6,8,15H2,1H3/t10-/m1/s1. The SMILES string of the molecule is Cc1ccc(Br)c(C(=O)N2CCC[C@@H](N)C2)c1. The maximum atomic E-state index is 12.4. The molecule has 1 aliphatic heterocycles. The van der Waals surface area contributed by atoms with Crippen molar-refractivity contribution in [3.63, 3.8) is 0 Å². The summed E-state index contributed by atoms with van der Waals surface area (Å²) in [7, 11) is 0. The third-order valence-corrected chi connectivity index (χ3v) is 3.79. The summed E-state index contributed by atoms with van der Waals surface area (Å²) in [5, 5.41) is 0. The maximum Gasteiger partial charge on any atom is 0.255 e. The molecule has 2 N–H and O–H groups in total. The van der Waals surface area contributed by atoms with Crippen LogP contribution in [0.4, 0.5) is 0 Å². The molecule has 1 amide bonds. The van der Waals surface area contributed by atoms with Crippen LogP contribution in [0.25, 0.3) is 0 Å². The number of aryl methyl sites for hydroxylation is 1. The molecular formula is C13H17BrN2O. The summed E-state index contributed by atoms with van der Waals surface area (Å²) in [5.74, 6) is 0.0794. The van der Waals surface area contributed by atoms with E-state index in [1.807, 2.05) is 30.0 Å². The molecule has 3 nitrogen and oxygen atoms in total. The topological polar surface area (TPSA) is 46.3 Å². The molecule has 0 unspecified atom stereocenters. The Balaban J connectivity index is 2.21. The number of amides is 1. The van der Waals surface area contributed by atoms with Gasteiger partial charge in [0.15, 0.2) is 0 Å². The van der Waals surface area contributed by atoms with Crippen LogP contribution in [0.15, 0.2) is 22.7 Å². The molecule has 1 saturated heterocycles. The van der Waals surface area contributed by atoms with Gasteiger partial charge in [0.2, 0.25) is 0 Å². The molecule has 1 fully saturated rings. The van der Waals surface area contributed by atoms with Crippen LogP contribution in [0, 0.1) is 6.92 Å². The van der Waals surface area contributed by atoms with E-state index in [1.165, 1.54) is 0 Å². The minimum absolute atomic E-state index is 0.0794. The molecule has 1 aliphatic rings. The van der Waals surface area contributed by atoms with Crippen molar-refractivity contribution < 1.29 is 4.79 Å². The Labute approximate surface area is 110 Å². The van der Waals surface area contributed by atoms with Gasteiger partial charge in [-0.2, -0.15) is 0 Å². The quantitative estimate of drug-likeness (QED) is 0.864. The number of halogens is 1. The predicted molar refractivity (Wildman–Crippen MR) is 72.0 cm³/mol. The van der Waals surface area contributed by atoms with E-state index in [-0.39, 0.29) is 11.9 Å². The molecule has 0 aliphatic carbocycles. The van der Waals surface area contributed by atoms with Gasteiger partial charge in [-0.15, -0.1) is 0 Å². The second-order valence-corrected chi connectivity index (χ2v) is 5.49. The van der Waals surface area contributed by atoms with Gasteiger partial charge in [-0.3, -0.25) is 4.79 Å². The molecular weight excluding hydrogens is 280 g/mol. The van der Waals surface area contributed by atoms with Gasteiger partial charge in [-0.1, -0.05) is 11.6 Å². The van der Waals surface area contributed by atoms with E-state index in [4.69, 9.17) is 5.73 Å². The number of benzene rings is 1. The van der Waals surface area contributed by atoms with Crippen molar-refractivity contribution in [1.29, 1.82) is 0 Å². The summed E-state index contributed by atoms with van der Waals surface area (Å²) in [6.45, 7) is 3.47. The molecule has 4 heteroatoms. The number of carbonyl (C=O) groups excluding carboxylic acids is 1. The molecule has 0 aromatic heterocycles. The molecule has 1 aromatic carbocycles. The number of piperidine rings is 1. The molecule has 1 aromatic rings. The fourth-order valence-electron chi connectivity index (χ4n) is 2.17. The van der Waals surface area contributed by atoms with E-state index in [0.717, 1.165) is 35.0 Å². The normalized spacial score (nSPS) is 20.4. The van der Waals surface area contributed by atoms with Crippen molar-refractivity contribution in [2.45, 2.75) is 25.8 Å². The van der Waals surface area contributed by atoms with Gasteiger partial charge in [0, 0.05) is 23.6 Å². The van der Waals surface area contributed by atoms with Gasteiger partial charge >= 0.3 is 0 Å². The Bertz CT molecular complexity index is 433. The minimum Gasteiger partial charge on any atom is -0.337 e. The number of nitrogens with zero attached hydrogens (tertiary/aromatic N) is 1. The number of rotatable bonds is 1. The largest absolute Gasteiger partial charge is 0.337 e. The lowest BCUT2D eigenvalue weighted by Crippen LogP contribution is -2.45. The molecule has 0 saturated carbocycles. The fourth-order valence-corrected chi connectivity index (χ4v) is 2.58. The smallest absolute Gasteiger partial charge is 0.255 e. The zero-order chi connectivity index (χ0) is 12.4. The van der Waals surface area contributed by atoms with E-state index in [1.54, 1.807) is 0 Å². The zero-order valence-electron chi connectivity index (χ0n) is 9.95. The van der Waals surface area contributed by atoms with Gasteiger partial charge in [-0.05, 0) is 47.8 Å². The Morgan fingerprint density at radius 3 is 3.00 bits per heavy atom. The van der Waals surface area contributed by atoms with Gasteiger partial charge in [0.25, 0.3) is 5.91 Å². The summed E-state index contributed by atoms with van der Waals surface area (Å²) in [4.78, 5) is 14.2. The molecule has 0 bridgehead atoms. The van der Waals surface area contributed by atoms with Gasteiger partial charge < -0.3 is 10.6 Å². The van der Waals surface area contributed by atoms with E-state index < -0.39 is 0 Å². The van der Waals surface area contributed by atoms with Crippen LogP contribution < -0.4 is 5.73 Å². The Morgan fingerprint density at radius 2 is 2.29 bits per heavy atom. The number of nitrogens with two attached hydrogens (primary N) is 1. The first-order valence-electron chi connectivity index (χ1n) is 5.89. The van der Waals surface area contributed by atoms with E-state index in [2.05, 4.69) is 15.9 Å². The first-order valence-corrected chi connectivity index (χ1v) is 6.68. The average molecular weight is 297 g/mol. The highest BCUT2D eigenvalue weighted by molar-refractivity contribution is 9.10. The third kappa shape index (κ3) is 2.87. The van der Waals surface area contributed by atoms with E-state index in [0.29, 0.717) is 6.54 Å². The Morgan fingerprint density at radius 1 is 1.53 bits per heavy atom. The average Bonchev–Trinajstić information content (AvgIpc) is 2.31. The van der Waals surface area contributed by atoms with Gasteiger partial charge in [0.05, 0.1) is 5.56 Å². The van der Waals surface area contributed by atoms with Crippen LogP contribution in [0.2, 0.25) is 0 Å². The minimum atomic E-state index is 0.0794. The predicted octanol–water partition coefficient (Wildman–Crippen LogP) is 2.32. The Hall–Kier alpha value is -0.870. The summed E-state index contributed by atoms with van der Waals surface area (Å²) in [6, 6.07) is 5.96. The van der Waals surface area contributed by atoms with Gasteiger partial charge in [-0.25, -0.2) is 0 Å². The second-order valence-electron chi connectivity index (χ2n) is 4.64. The highest BCUT2D eigenvalue weighted by Gasteiger charge is 2.23. The lowest BCUT2D eigenvalue weighted by Gasteiger charge is -2.31. The van der Waals surface area contributed by atoms with E-state index >= 15 is 0 Å². The first-order chi connectivity index (χ1) is 8.08. The maximum absolute atomic E-state index is 12.4. The second kappa shape index (κ2) is 5.19. The number of carbonyl (C=O) groups is 1. The van der Waals surface area contributed by atoms with Crippen LogP contribution in [0.5, 0.6) is 0 Å². The number of hydrogen-bond acceptors (Lipinski definition) is 2. The number of likely N-dealkylation sites (tertiary alicyclic amines) is 1. The Kier molecular flexibility index (Phi) is 3.84. The lowest BCUT2D eigenvalue weighted by molar-refractivity contribution is 0.0708. The molecule has 1 atom stereocenters. The van der Waals surface area contributed by atoms with Crippen LogP contribution >= 0.6 is 15.9 Å². The molecule has 92 valence electrons. The van der Waals surface area contributed by atoms with Crippen molar-refractivity contribution in [2.75, 3.05) is 13.1 Å². The van der Waals surface area contributed by atoms with Crippen molar-refractivity contribution in [3.05, 3.63) is 33.8 Å². The van der Waals surface area contributed by atoms with Crippen LogP contribution in [-0.4, -0.2) is 29.9 Å². The summed E-state index contributed by atoms with van der Waals surface area (Å²) in [6.07, 6.45) is 2.01. The van der Waals surface area contributed by atoms with Crippen LogP contribution in [0.3, 0.4) is 0 Å².